The number of carbonyl (C=O) groups is 1. The van der Waals surface area contributed by atoms with Crippen LogP contribution in [-0.4, -0.2) is 19.0 Å². The average molecular weight is 182 g/mol. The van der Waals surface area contributed by atoms with E-state index in [2.05, 4.69) is 0 Å². The predicted octanol–water partition coefficient (Wildman–Crippen LogP) is 2.31. The number of carbonyl (C=O) groups excluding carboxylic acids is 1. The Balaban J connectivity index is 2.09. The molecule has 0 unspecified atom stereocenters. The molecule has 2 nitrogen and oxygen atoms in total. The van der Waals surface area contributed by atoms with E-state index in [9.17, 15) is 4.79 Å². The van der Waals surface area contributed by atoms with Crippen LogP contribution in [0.15, 0.2) is 0 Å². The topological polar surface area (TPSA) is 26.3 Å². The van der Waals surface area contributed by atoms with Crippen molar-refractivity contribution >= 4 is 5.78 Å². The van der Waals surface area contributed by atoms with Crippen LogP contribution in [0.1, 0.15) is 44.9 Å². The number of ketones is 1. The number of hydrogen-bond donors (Lipinski definition) is 0. The molecule has 2 aliphatic rings. The predicted molar refractivity (Wildman–Crippen MR) is 50.6 cm³/mol. The van der Waals surface area contributed by atoms with E-state index in [1.165, 1.54) is 6.42 Å². The highest BCUT2D eigenvalue weighted by Crippen LogP contribution is 2.47. The van der Waals surface area contributed by atoms with E-state index in [4.69, 9.17) is 4.74 Å². The van der Waals surface area contributed by atoms with Gasteiger partial charge in [0.05, 0.1) is 6.10 Å². The molecule has 0 aromatic carbocycles. The fraction of sp³-hybridized carbons (Fsp3) is 0.909. The molecular weight excluding hydrogens is 164 g/mol. The van der Waals surface area contributed by atoms with E-state index in [1.54, 1.807) is 7.11 Å². The lowest BCUT2D eigenvalue weighted by Crippen LogP contribution is -2.35. The molecular formula is C11H18O2. The Morgan fingerprint density at radius 1 is 1.38 bits per heavy atom. The molecule has 0 aliphatic heterocycles. The average Bonchev–Trinajstić information content (AvgIpc) is 2.48. The first-order valence-electron chi connectivity index (χ1n) is 5.33. The summed E-state index contributed by atoms with van der Waals surface area (Å²) in [5, 5.41) is 0. The largest absolute Gasteiger partial charge is 0.381 e. The molecule has 74 valence electrons. The van der Waals surface area contributed by atoms with Gasteiger partial charge in [-0.1, -0.05) is 0 Å². The van der Waals surface area contributed by atoms with Crippen molar-refractivity contribution in [3.63, 3.8) is 0 Å². The monoisotopic (exact) mass is 182 g/mol. The molecule has 2 saturated carbocycles. The minimum atomic E-state index is 0.0406. The van der Waals surface area contributed by atoms with Crippen LogP contribution in [0.3, 0.4) is 0 Å². The van der Waals surface area contributed by atoms with Crippen molar-refractivity contribution in [1.82, 2.24) is 0 Å². The molecule has 1 spiro atoms. The Kier molecular flexibility index (Phi) is 2.41. The molecule has 0 radical (unpaired) electrons. The van der Waals surface area contributed by atoms with Gasteiger partial charge < -0.3 is 4.74 Å². The minimum Gasteiger partial charge on any atom is -0.381 e. The first-order valence-corrected chi connectivity index (χ1v) is 5.33. The Bertz CT molecular complexity index is 212. The van der Waals surface area contributed by atoms with Gasteiger partial charge in [0, 0.05) is 18.9 Å². The van der Waals surface area contributed by atoms with Gasteiger partial charge in [0.1, 0.15) is 5.78 Å². The first-order chi connectivity index (χ1) is 6.27. The van der Waals surface area contributed by atoms with E-state index < -0.39 is 0 Å². The maximum atomic E-state index is 11.8. The van der Waals surface area contributed by atoms with Gasteiger partial charge in [-0.15, -0.1) is 0 Å². The molecule has 0 N–H and O–H groups in total. The van der Waals surface area contributed by atoms with Crippen LogP contribution in [-0.2, 0) is 9.53 Å². The highest BCUT2D eigenvalue weighted by molar-refractivity contribution is 5.86. The Morgan fingerprint density at radius 2 is 2.15 bits per heavy atom. The van der Waals surface area contributed by atoms with Crippen molar-refractivity contribution in [2.24, 2.45) is 5.41 Å². The van der Waals surface area contributed by atoms with Crippen molar-refractivity contribution in [2.75, 3.05) is 7.11 Å². The normalized spacial score (nSPS) is 40.1. The van der Waals surface area contributed by atoms with Gasteiger partial charge >= 0.3 is 0 Å². The fourth-order valence-corrected chi connectivity index (χ4v) is 2.98. The Labute approximate surface area is 79.7 Å². The minimum absolute atomic E-state index is 0.0406. The first kappa shape index (κ1) is 9.20. The third-order valence-electron chi connectivity index (χ3n) is 3.78. The molecule has 2 heteroatoms. The number of Topliss-reactive ketones (excluding diaryl/α,β-unsaturated/α-hetero) is 1. The Morgan fingerprint density at radius 3 is 2.77 bits per heavy atom. The summed E-state index contributed by atoms with van der Waals surface area (Å²) in [7, 11) is 1.77. The van der Waals surface area contributed by atoms with E-state index in [0.717, 1.165) is 38.5 Å². The summed E-state index contributed by atoms with van der Waals surface area (Å²) in [6.45, 7) is 0. The van der Waals surface area contributed by atoms with Crippen LogP contribution < -0.4 is 0 Å². The number of hydrogen-bond acceptors (Lipinski definition) is 2. The zero-order valence-electron chi connectivity index (χ0n) is 8.34. The van der Waals surface area contributed by atoms with Gasteiger partial charge in [-0.05, 0) is 38.5 Å². The zero-order chi connectivity index (χ0) is 9.31. The van der Waals surface area contributed by atoms with Crippen molar-refractivity contribution in [3.05, 3.63) is 0 Å². The molecule has 0 bridgehead atoms. The highest BCUT2D eigenvalue weighted by atomic mass is 16.5. The van der Waals surface area contributed by atoms with Crippen molar-refractivity contribution < 1.29 is 9.53 Å². The second kappa shape index (κ2) is 3.41. The number of rotatable bonds is 1. The molecule has 0 aromatic heterocycles. The summed E-state index contributed by atoms with van der Waals surface area (Å²) in [4.78, 5) is 11.8. The van der Waals surface area contributed by atoms with E-state index in [0.29, 0.717) is 11.9 Å². The van der Waals surface area contributed by atoms with E-state index >= 15 is 0 Å². The second-order valence-electron chi connectivity index (χ2n) is 4.51. The lowest BCUT2D eigenvalue weighted by atomic mass is 9.71. The SMILES string of the molecule is CO[C@H]1CCC[C@]2(CCCC2=O)C1. The third-order valence-corrected chi connectivity index (χ3v) is 3.78. The maximum absolute atomic E-state index is 11.8. The quantitative estimate of drug-likeness (QED) is 0.622. The smallest absolute Gasteiger partial charge is 0.139 e. The zero-order valence-corrected chi connectivity index (χ0v) is 8.34. The molecule has 0 aromatic rings. The molecule has 2 fully saturated rings. The number of ether oxygens (including phenoxy) is 1. The van der Waals surface area contributed by atoms with Crippen molar-refractivity contribution in [3.8, 4) is 0 Å². The second-order valence-corrected chi connectivity index (χ2v) is 4.51. The van der Waals surface area contributed by atoms with E-state index in [1.807, 2.05) is 0 Å². The fourth-order valence-electron chi connectivity index (χ4n) is 2.98. The molecule has 13 heavy (non-hydrogen) atoms. The summed E-state index contributed by atoms with van der Waals surface area (Å²) in [6, 6.07) is 0. The Hall–Kier alpha value is -0.370. The highest BCUT2D eigenvalue weighted by Gasteiger charge is 2.44. The lowest BCUT2D eigenvalue weighted by Gasteiger charge is -2.35. The third kappa shape index (κ3) is 1.52. The van der Waals surface area contributed by atoms with Crippen LogP contribution in [0.4, 0.5) is 0 Å². The van der Waals surface area contributed by atoms with Crippen LogP contribution in [0.2, 0.25) is 0 Å². The maximum Gasteiger partial charge on any atom is 0.139 e. The number of methoxy groups -OCH3 is 1. The molecule has 0 heterocycles. The standard InChI is InChI=1S/C11H18O2/c1-13-9-4-2-6-11(8-9)7-3-5-10(11)12/h9H,2-8H2,1H3/t9-,11-/m0/s1. The van der Waals surface area contributed by atoms with Gasteiger partial charge in [0.2, 0.25) is 0 Å². The molecule has 2 rings (SSSR count). The molecule has 0 amide bonds. The van der Waals surface area contributed by atoms with Crippen LogP contribution in [0.5, 0.6) is 0 Å². The summed E-state index contributed by atoms with van der Waals surface area (Å²) in [6.07, 6.45) is 7.80. The molecule has 2 aliphatic carbocycles. The molecule has 2 atom stereocenters. The van der Waals surface area contributed by atoms with Gasteiger partial charge in [-0.25, -0.2) is 0 Å². The van der Waals surface area contributed by atoms with Crippen LogP contribution in [0, 0.1) is 5.41 Å². The lowest BCUT2D eigenvalue weighted by molar-refractivity contribution is -0.130. The van der Waals surface area contributed by atoms with E-state index in [-0.39, 0.29) is 5.41 Å². The summed E-state index contributed by atoms with van der Waals surface area (Å²) >= 11 is 0. The molecule has 0 saturated heterocycles. The summed E-state index contributed by atoms with van der Waals surface area (Å²) in [5.74, 6) is 0.509. The van der Waals surface area contributed by atoms with Crippen molar-refractivity contribution in [2.45, 2.75) is 51.0 Å². The van der Waals surface area contributed by atoms with Gasteiger partial charge in [0.15, 0.2) is 0 Å². The van der Waals surface area contributed by atoms with Crippen LogP contribution >= 0.6 is 0 Å². The summed E-state index contributed by atoms with van der Waals surface area (Å²) < 4.78 is 5.37. The summed E-state index contributed by atoms with van der Waals surface area (Å²) in [5.41, 5.74) is 0.0406. The van der Waals surface area contributed by atoms with Crippen molar-refractivity contribution in [1.29, 1.82) is 0 Å². The van der Waals surface area contributed by atoms with Crippen LogP contribution in [0.25, 0.3) is 0 Å². The van der Waals surface area contributed by atoms with Gasteiger partial charge in [-0.2, -0.15) is 0 Å². The van der Waals surface area contributed by atoms with Gasteiger partial charge in [-0.3, -0.25) is 4.79 Å². The van der Waals surface area contributed by atoms with Gasteiger partial charge in [0.25, 0.3) is 0 Å².